The number of benzene rings is 2. The van der Waals surface area contributed by atoms with Crippen molar-refractivity contribution in [1.29, 1.82) is 0 Å². The molecule has 9 heteroatoms. The first-order valence-electron chi connectivity index (χ1n) is 8.33. The monoisotopic (exact) mass is 717 g/mol. The molecule has 0 radical (unpaired) electrons. The van der Waals surface area contributed by atoms with E-state index in [9.17, 15) is 0 Å². The molecule has 0 unspecified atom stereocenters. The van der Waals surface area contributed by atoms with Crippen molar-refractivity contribution >= 4 is 85.4 Å². The molecule has 0 aliphatic carbocycles. The zero-order valence-electron chi connectivity index (χ0n) is 15.9. The number of aromatic nitrogens is 1. The summed E-state index contributed by atoms with van der Waals surface area (Å²) >= 11 is 17.5. The molecule has 0 aliphatic heterocycles. The van der Waals surface area contributed by atoms with Gasteiger partial charge < -0.3 is 12.4 Å². The van der Waals surface area contributed by atoms with E-state index in [1.54, 1.807) is 6.20 Å². The Hall–Kier alpha value is -0.341. The van der Waals surface area contributed by atoms with E-state index in [1.165, 1.54) is 0 Å². The van der Waals surface area contributed by atoms with Crippen LogP contribution in [0.2, 0.25) is 0 Å². The zero-order valence-corrected chi connectivity index (χ0v) is 24.1. The third-order valence-electron chi connectivity index (χ3n) is 3.50. The van der Waals surface area contributed by atoms with Crippen LogP contribution in [0.1, 0.15) is 19.4 Å². The number of hydrogen-bond acceptors (Lipinski definition) is 3. The van der Waals surface area contributed by atoms with Crippen LogP contribution in [0, 0.1) is 0 Å². The SMILES string of the molecule is CC(=Nc1c(Br)cccc1Br)c1cccnc1.C[C]([Fe+])=Nc1c(Br)cccc1Br.[Cl-]. The second-order valence-corrected chi connectivity index (χ2v) is 9.89. The second kappa shape index (κ2) is 13.9. The van der Waals surface area contributed by atoms with E-state index in [1.807, 2.05) is 68.6 Å². The first-order valence-corrected chi connectivity index (χ1v) is 12.0. The number of rotatable bonds is 3. The van der Waals surface area contributed by atoms with E-state index < -0.39 is 0 Å². The molecular weight excluding hydrogens is 705 g/mol. The molecule has 1 heterocycles. The van der Waals surface area contributed by atoms with Crippen LogP contribution in [0.15, 0.2) is 88.8 Å². The molecule has 3 rings (SSSR count). The topological polar surface area (TPSA) is 37.6 Å². The summed E-state index contributed by atoms with van der Waals surface area (Å²) in [5, 5.41) is 0. The van der Waals surface area contributed by atoms with Crippen molar-refractivity contribution in [1.82, 2.24) is 4.98 Å². The van der Waals surface area contributed by atoms with Crippen molar-refractivity contribution < 1.29 is 28.4 Å². The fourth-order valence-corrected chi connectivity index (χ4v) is 4.63. The average molecular weight is 721 g/mol. The molecule has 2 aromatic carbocycles. The van der Waals surface area contributed by atoms with Crippen LogP contribution < -0.4 is 12.4 Å². The minimum Gasteiger partial charge on any atom is -1.00 e. The third kappa shape index (κ3) is 8.65. The molecule has 158 valence electrons. The van der Waals surface area contributed by atoms with E-state index in [-0.39, 0.29) is 12.4 Å². The van der Waals surface area contributed by atoms with Crippen LogP contribution in [-0.4, -0.2) is 15.3 Å². The van der Waals surface area contributed by atoms with Gasteiger partial charge in [0, 0.05) is 32.6 Å². The summed E-state index contributed by atoms with van der Waals surface area (Å²) < 4.78 is 4.67. The van der Waals surface area contributed by atoms with Gasteiger partial charge in [0.2, 0.25) is 0 Å². The van der Waals surface area contributed by atoms with Crippen LogP contribution in [0.3, 0.4) is 0 Å². The first-order chi connectivity index (χ1) is 13.8. The molecule has 0 saturated heterocycles. The Morgan fingerprint density at radius 2 is 1.23 bits per heavy atom. The number of aliphatic imine (C=N–C) groups is 2. The molecule has 0 atom stereocenters. The van der Waals surface area contributed by atoms with Crippen LogP contribution in [0.4, 0.5) is 11.4 Å². The van der Waals surface area contributed by atoms with Gasteiger partial charge in [-0.25, -0.2) is 0 Å². The van der Waals surface area contributed by atoms with Crippen molar-refractivity contribution in [3.63, 3.8) is 0 Å². The van der Waals surface area contributed by atoms with Gasteiger partial charge in [-0.15, -0.1) is 0 Å². The van der Waals surface area contributed by atoms with E-state index in [2.05, 4.69) is 94.7 Å². The number of hydrogen-bond donors (Lipinski definition) is 0. The predicted octanol–water partition coefficient (Wildman–Crippen LogP) is 5.56. The van der Waals surface area contributed by atoms with E-state index in [0.29, 0.717) is 0 Å². The summed E-state index contributed by atoms with van der Waals surface area (Å²) in [4.78, 5) is 13.0. The second-order valence-electron chi connectivity index (χ2n) is 5.67. The molecule has 0 bridgehead atoms. The molecule has 0 N–H and O–H groups in total. The first kappa shape index (κ1) is 27.7. The number of pyridine rings is 1. The molecular formula is C21H16Br4ClFeN3. The Bertz CT molecular complexity index is 999. The largest absolute Gasteiger partial charge is 1.00 e. The van der Waals surface area contributed by atoms with E-state index in [4.69, 9.17) is 0 Å². The average Bonchev–Trinajstić information content (AvgIpc) is 2.69. The van der Waals surface area contributed by atoms with Crippen LogP contribution in [0.5, 0.6) is 0 Å². The Morgan fingerprint density at radius 1 is 0.767 bits per heavy atom. The number of para-hydroxylation sites is 2. The molecule has 0 spiro atoms. The smallest absolute Gasteiger partial charge is 1.00 e. The molecule has 1 aromatic heterocycles. The maximum absolute atomic E-state index is 4.61. The third-order valence-corrected chi connectivity index (χ3v) is 6.18. The number of nitrogens with zero attached hydrogens (tertiary/aromatic N) is 3. The fourth-order valence-electron chi connectivity index (χ4n) is 2.15. The van der Waals surface area contributed by atoms with Gasteiger partial charge in [-0.05, 0) is 57.0 Å². The standard InChI is InChI=1S/C13H10Br2N2.C8H6Br2N.ClH.Fe/c1-9(10-4-3-7-16-8-10)17-13-11(14)5-2-6-12(13)15;1-2-11-8-6(9)4-3-5-7(8)10;;/h2-8H,1H3;3-5H,1H3;1H;/q;;;+1/p-1. The van der Waals surface area contributed by atoms with Crippen molar-refractivity contribution in [2.24, 2.45) is 9.98 Å². The minimum absolute atomic E-state index is 0. The molecule has 30 heavy (non-hydrogen) atoms. The van der Waals surface area contributed by atoms with Crippen molar-refractivity contribution in [3.05, 3.63) is 84.4 Å². The summed E-state index contributed by atoms with van der Waals surface area (Å²) in [7, 11) is 0. The Morgan fingerprint density at radius 3 is 1.63 bits per heavy atom. The van der Waals surface area contributed by atoms with Gasteiger partial charge in [-0.1, -0.05) is 12.1 Å². The molecule has 3 nitrogen and oxygen atoms in total. The summed E-state index contributed by atoms with van der Waals surface area (Å²) in [5.41, 5.74) is 3.75. The zero-order chi connectivity index (χ0) is 21.4. The van der Waals surface area contributed by atoms with E-state index in [0.717, 1.165) is 45.2 Å². The predicted molar refractivity (Wildman–Crippen MR) is 133 cm³/mol. The fraction of sp³-hybridized carbons (Fsp3) is 0.0952. The summed E-state index contributed by atoms with van der Waals surface area (Å²) in [5.74, 6) is 0. The van der Waals surface area contributed by atoms with E-state index >= 15 is 0 Å². The van der Waals surface area contributed by atoms with Gasteiger partial charge in [0.15, 0.2) is 0 Å². The summed E-state index contributed by atoms with van der Waals surface area (Å²) in [6.07, 6.45) is 3.56. The van der Waals surface area contributed by atoms with Crippen molar-refractivity contribution in [2.45, 2.75) is 13.8 Å². The molecule has 0 aliphatic rings. The van der Waals surface area contributed by atoms with Crippen molar-refractivity contribution in [2.75, 3.05) is 0 Å². The van der Waals surface area contributed by atoms with Crippen LogP contribution >= 0.6 is 63.7 Å². The van der Waals surface area contributed by atoms with Gasteiger partial charge in [-0.3, -0.25) is 9.98 Å². The summed E-state index contributed by atoms with van der Waals surface area (Å²) in [6.45, 7) is 3.84. The van der Waals surface area contributed by atoms with Gasteiger partial charge in [0.1, 0.15) is 0 Å². The maximum atomic E-state index is 4.61. The Balaban J connectivity index is 0.000000308. The van der Waals surface area contributed by atoms with Gasteiger partial charge in [0.25, 0.3) is 0 Å². The van der Waals surface area contributed by atoms with Gasteiger partial charge >= 0.3 is 97.2 Å². The Kier molecular flexibility index (Phi) is 12.9. The molecule has 0 saturated carbocycles. The van der Waals surface area contributed by atoms with Crippen molar-refractivity contribution in [3.8, 4) is 0 Å². The van der Waals surface area contributed by atoms with Gasteiger partial charge in [-0.2, -0.15) is 0 Å². The van der Waals surface area contributed by atoms with Crippen LogP contribution in [0.25, 0.3) is 0 Å². The molecule has 0 fully saturated rings. The Labute approximate surface area is 225 Å². The van der Waals surface area contributed by atoms with Crippen LogP contribution in [-0.2, 0) is 16.0 Å². The minimum atomic E-state index is 0. The molecule has 0 amide bonds. The summed E-state index contributed by atoms with van der Waals surface area (Å²) in [6, 6.07) is 15.7. The normalized spacial score (nSPS) is 11.3. The maximum Gasteiger partial charge on any atom is -1.00 e. The number of halogens is 5. The van der Waals surface area contributed by atoms with Gasteiger partial charge in [0.05, 0.1) is 5.69 Å². The molecule has 3 aromatic rings. The quantitative estimate of drug-likeness (QED) is 0.258.